The summed E-state index contributed by atoms with van der Waals surface area (Å²) in [6, 6.07) is 5.84. The molecule has 0 aliphatic rings. The molecule has 11 nitrogen and oxygen atoms in total. The number of carboxylic acids is 1. The van der Waals surface area contributed by atoms with Crippen molar-refractivity contribution in [2.45, 2.75) is 30.2 Å². The van der Waals surface area contributed by atoms with Gasteiger partial charge in [-0.05, 0) is 31.4 Å². The Labute approximate surface area is 169 Å². The van der Waals surface area contributed by atoms with E-state index < -0.39 is 34.5 Å². The number of nitrogens with zero attached hydrogens (tertiary/aromatic N) is 1. The average Bonchev–Trinajstić information content (AvgIpc) is 2.67. The Bertz CT molecular complexity index is 781. The molecule has 0 spiro atoms. The molecule has 0 aliphatic heterocycles. The Kier molecular flexibility index (Phi) is 10.7. The van der Waals surface area contributed by atoms with Crippen LogP contribution >= 0.6 is 0 Å². The van der Waals surface area contributed by atoms with Crippen LogP contribution in [0.5, 0.6) is 0 Å². The Morgan fingerprint density at radius 2 is 1.83 bits per heavy atom. The predicted molar refractivity (Wildman–Crippen MR) is 107 cm³/mol. The highest BCUT2D eigenvalue weighted by Gasteiger charge is 2.25. The van der Waals surface area contributed by atoms with Gasteiger partial charge in [0.25, 0.3) is 0 Å². The summed E-state index contributed by atoms with van der Waals surface area (Å²) in [7, 11) is -4.03. The van der Waals surface area contributed by atoms with E-state index in [-0.39, 0.29) is 17.5 Å². The average molecular weight is 429 g/mol. The third-order valence-corrected chi connectivity index (χ3v) is 5.11. The lowest BCUT2D eigenvalue weighted by Gasteiger charge is -2.15. The van der Waals surface area contributed by atoms with Gasteiger partial charge in [-0.3, -0.25) is 14.6 Å². The molecule has 1 aromatic carbocycles. The van der Waals surface area contributed by atoms with E-state index in [1.807, 2.05) is 0 Å². The maximum atomic E-state index is 12.2. The van der Waals surface area contributed by atoms with Crippen LogP contribution in [0.2, 0.25) is 0 Å². The number of hydrogen-bond donors (Lipinski definition) is 5. The van der Waals surface area contributed by atoms with Crippen LogP contribution in [-0.2, 0) is 24.3 Å². The number of guanidine groups is 1. The van der Waals surface area contributed by atoms with Crippen LogP contribution in [-0.4, -0.2) is 63.7 Å². The summed E-state index contributed by atoms with van der Waals surface area (Å²) in [5, 5.41) is 11.6. The molecule has 0 heterocycles. The number of rotatable bonds is 14. The van der Waals surface area contributed by atoms with Crippen LogP contribution in [0, 0.1) is 0 Å². The molecule has 0 bridgehead atoms. The fourth-order valence-corrected chi connectivity index (χ4v) is 3.38. The third kappa shape index (κ3) is 10.4. The Hall–Kier alpha value is -2.70. The lowest BCUT2D eigenvalue weighted by atomic mass is 10.2. The number of carboxylic acid groups (broad SMARTS) is 1. The maximum absolute atomic E-state index is 12.2. The van der Waals surface area contributed by atoms with Gasteiger partial charge in [-0.1, -0.05) is 18.2 Å². The van der Waals surface area contributed by atoms with E-state index in [0.29, 0.717) is 19.6 Å². The first-order valence-corrected chi connectivity index (χ1v) is 10.4. The van der Waals surface area contributed by atoms with Gasteiger partial charge in [0.1, 0.15) is 12.6 Å². The number of aliphatic imine (C=N–C) groups is 1. The van der Waals surface area contributed by atoms with Crippen molar-refractivity contribution in [3.8, 4) is 0 Å². The number of carbonyl (C=O) groups is 2. The van der Waals surface area contributed by atoms with Crippen molar-refractivity contribution in [1.82, 2.24) is 10.0 Å². The second-order valence-electron chi connectivity index (χ2n) is 6.05. The number of unbranched alkanes of at least 4 members (excludes halogenated alkanes) is 2. The number of carbonyl (C=O) groups excluding carboxylic acids is 1. The van der Waals surface area contributed by atoms with Crippen LogP contribution in [0.3, 0.4) is 0 Å². The van der Waals surface area contributed by atoms with E-state index in [0.717, 1.165) is 12.8 Å². The molecule has 1 amide bonds. The first kappa shape index (κ1) is 24.3. The molecule has 12 heteroatoms. The number of nitrogens with two attached hydrogens (primary N) is 2. The fourth-order valence-electron chi connectivity index (χ4n) is 2.17. The zero-order chi connectivity index (χ0) is 21.7. The number of ether oxygens (including phenoxy) is 1. The minimum atomic E-state index is -4.03. The van der Waals surface area contributed by atoms with E-state index in [1.165, 1.54) is 24.3 Å². The quantitative estimate of drug-likeness (QED) is 0.141. The van der Waals surface area contributed by atoms with E-state index >= 15 is 0 Å². The second kappa shape index (κ2) is 12.7. The summed E-state index contributed by atoms with van der Waals surface area (Å²) in [4.78, 5) is 26.9. The summed E-state index contributed by atoms with van der Waals surface area (Å²) in [6.45, 7) is 0.199. The predicted octanol–water partition coefficient (Wildman–Crippen LogP) is -1.01. The second-order valence-corrected chi connectivity index (χ2v) is 7.76. The lowest BCUT2D eigenvalue weighted by Crippen LogP contribution is -2.48. The van der Waals surface area contributed by atoms with Crippen molar-refractivity contribution in [2.24, 2.45) is 16.5 Å². The molecule has 0 saturated carbocycles. The maximum Gasteiger partial charge on any atom is 0.323 e. The molecule has 7 N–H and O–H groups in total. The van der Waals surface area contributed by atoms with Crippen molar-refractivity contribution < 1.29 is 27.9 Å². The highest BCUT2D eigenvalue weighted by Crippen LogP contribution is 2.08. The van der Waals surface area contributed by atoms with Gasteiger partial charge in [0.2, 0.25) is 15.9 Å². The summed E-state index contributed by atoms with van der Waals surface area (Å²) < 4.78 is 31.7. The summed E-state index contributed by atoms with van der Waals surface area (Å²) in [6.07, 6.45) is 2.32. The number of aliphatic carboxylic acids is 1. The first-order valence-electron chi connectivity index (χ1n) is 8.92. The number of nitrogens with one attached hydrogen (secondary N) is 2. The molecular weight excluding hydrogens is 402 g/mol. The minimum Gasteiger partial charge on any atom is -0.480 e. The molecule has 162 valence electrons. The molecule has 0 aliphatic carbocycles. The highest BCUT2D eigenvalue weighted by molar-refractivity contribution is 7.89. The van der Waals surface area contributed by atoms with Crippen molar-refractivity contribution in [2.75, 3.05) is 26.3 Å². The minimum absolute atomic E-state index is 0.0450. The summed E-state index contributed by atoms with van der Waals surface area (Å²) in [5.74, 6) is -1.91. The van der Waals surface area contributed by atoms with Crippen LogP contribution in [0.4, 0.5) is 0 Å². The number of hydrogen-bond acceptors (Lipinski definition) is 6. The van der Waals surface area contributed by atoms with Gasteiger partial charge in [0.05, 0.1) is 4.90 Å². The van der Waals surface area contributed by atoms with Gasteiger partial charge in [0, 0.05) is 19.7 Å². The topological polar surface area (TPSA) is 186 Å². The molecule has 0 unspecified atom stereocenters. The summed E-state index contributed by atoms with van der Waals surface area (Å²) in [5.41, 5.74) is 10.4. The van der Waals surface area contributed by atoms with Crippen LogP contribution < -0.4 is 21.5 Å². The molecular formula is C17H27N5O6S. The Balaban J connectivity index is 2.32. The molecule has 0 fully saturated rings. The van der Waals surface area contributed by atoms with Gasteiger partial charge in [-0.25, -0.2) is 8.42 Å². The standard InChI is InChI=1S/C17H27N5O6S/c18-17(19)20-9-5-2-6-10-28-12-15(23)21-11-14(16(24)25)22-29(26,27)13-7-3-1-4-8-13/h1,3-4,7-8,14,22H,2,5-6,9-12H2,(H,21,23)(H,24,25)(H4,18,19,20)/t14-/m1/s1. The normalized spacial score (nSPS) is 12.1. The lowest BCUT2D eigenvalue weighted by molar-refractivity contribution is -0.139. The van der Waals surface area contributed by atoms with Gasteiger partial charge in [-0.15, -0.1) is 0 Å². The molecule has 1 rings (SSSR count). The van der Waals surface area contributed by atoms with Gasteiger partial charge < -0.3 is 26.6 Å². The Morgan fingerprint density at radius 1 is 1.14 bits per heavy atom. The number of amides is 1. The van der Waals surface area contributed by atoms with Crippen molar-refractivity contribution in [1.29, 1.82) is 0 Å². The highest BCUT2D eigenvalue weighted by atomic mass is 32.2. The molecule has 1 atom stereocenters. The monoisotopic (exact) mass is 429 g/mol. The van der Waals surface area contributed by atoms with Crippen molar-refractivity contribution >= 4 is 27.9 Å². The first-order chi connectivity index (χ1) is 13.7. The summed E-state index contributed by atoms with van der Waals surface area (Å²) >= 11 is 0. The smallest absolute Gasteiger partial charge is 0.323 e. The van der Waals surface area contributed by atoms with E-state index in [9.17, 15) is 23.1 Å². The van der Waals surface area contributed by atoms with Crippen LogP contribution in [0.15, 0.2) is 40.2 Å². The molecule has 0 radical (unpaired) electrons. The zero-order valence-electron chi connectivity index (χ0n) is 15.9. The van der Waals surface area contributed by atoms with Crippen molar-refractivity contribution in [3.05, 3.63) is 30.3 Å². The van der Waals surface area contributed by atoms with Gasteiger partial charge in [-0.2, -0.15) is 4.72 Å². The van der Waals surface area contributed by atoms with Crippen molar-refractivity contribution in [3.63, 3.8) is 0 Å². The third-order valence-electron chi connectivity index (χ3n) is 3.63. The van der Waals surface area contributed by atoms with Gasteiger partial charge >= 0.3 is 5.97 Å². The number of benzene rings is 1. The zero-order valence-corrected chi connectivity index (χ0v) is 16.7. The van der Waals surface area contributed by atoms with E-state index in [1.54, 1.807) is 6.07 Å². The Morgan fingerprint density at radius 3 is 2.45 bits per heavy atom. The fraction of sp³-hybridized carbons (Fsp3) is 0.471. The molecule has 0 saturated heterocycles. The molecule has 29 heavy (non-hydrogen) atoms. The van der Waals surface area contributed by atoms with Gasteiger partial charge in [0.15, 0.2) is 5.96 Å². The van der Waals surface area contributed by atoms with E-state index in [4.69, 9.17) is 16.2 Å². The van der Waals surface area contributed by atoms with Crippen LogP contribution in [0.1, 0.15) is 19.3 Å². The number of sulfonamides is 1. The SMILES string of the molecule is NC(N)=NCCCCCOCC(=O)NC[C@@H](NS(=O)(=O)c1ccccc1)C(=O)O. The molecule has 0 aromatic heterocycles. The van der Waals surface area contributed by atoms with Crippen LogP contribution in [0.25, 0.3) is 0 Å². The van der Waals surface area contributed by atoms with E-state index in [2.05, 4.69) is 15.0 Å². The molecule has 1 aromatic rings. The largest absolute Gasteiger partial charge is 0.480 e.